The van der Waals surface area contributed by atoms with E-state index < -0.39 is 0 Å². The zero-order chi connectivity index (χ0) is 11.5. The van der Waals surface area contributed by atoms with Crippen molar-refractivity contribution in [1.29, 1.82) is 0 Å². The molecule has 3 nitrogen and oxygen atoms in total. The second-order valence-electron chi connectivity index (χ2n) is 4.73. The molecule has 0 saturated carbocycles. The molecule has 1 aromatic rings. The first-order valence-electron chi connectivity index (χ1n) is 5.89. The number of aromatic nitrogens is 2. The molecule has 0 bridgehead atoms. The van der Waals surface area contributed by atoms with Gasteiger partial charge in [0.2, 0.25) is 0 Å². The van der Waals surface area contributed by atoms with E-state index in [0.29, 0.717) is 17.0 Å². The Bertz CT molecular complexity index is 354. The van der Waals surface area contributed by atoms with Gasteiger partial charge in [0.05, 0.1) is 16.9 Å². The summed E-state index contributed by atoms with van der Waals surface area (Å²) in [5.41, 5.74) is 1.04. The Kier molecular flexibility index (Phi) is 3.77. The smallest absolute Gasteiger partial charge is 0.0689 e. The summed E-state index contributed by atoms with van der Waals surface area (Å²) in [6, 6.07) is 2.55. The normalized spacial score (nSPS) is 22.6. The lowest BCUT2D eigenvalue weighted by Gasteiger charge is -2.34. The van der Waals surface area contributed by atoms with Crippen molar-refractivity contribution in [3.05, 3.63) is 23.0 Å². The first-order chi connectivity index (χ1) is 7.66. The molecule has 0 radical (unpaired) electrons. The molecular weight excluding hydrogens is 222 g/mol. The summed E-state index contributed by atoms with van der Waals surface area (Å²) in [6.07, 6.45) is 4.02. The standard InChI is InChI=1S/C12H18ClN3/c1-9(2)16-5-3-4-10(8-16)12-6-11(13)7-14-15-12/h6-7,9-10H,3-5,8H2,1-2H3. The van der Waals surface area contributed by atoms with Gasteiger partial charge in [-0.25, -0.2) is 0 Å². The lowest BCUT2D eigenvalue weighted by molar-refractivity contribution is 0.166. The van der Waals surface area contributed by atoms with Gasteiger partial charge in [0.15, 0.2) is 0 Å². The van der Waals surface area contributed by atoms with Crippen LogP contribution in [-0.2, 0) is 0 Å². The topological polar surface area (TPSA) is 29.0 Å². The van der Waals surface area contributed by atoms with E-state index in [0.717, 1.165) is 12.2 Å². The fraction of sp³-hybridized carbons (Fsp3) is 0.667. The van der Waals surface area contributed by atoms with Gasteiger partial charge < -0.3 is 4.90 Å². The van der Waals surface area contributed by atoms with Gasteiger partial charge >= 0.3 is 0 Å². The predicted molar refractivity (Wildman–Crippen MR) is 65.7 cm³/mol. The first-order valence-corrected chi connectivity index (χ1v) is 6.27. The van der Waals surface area contributed by atoms with Crippen LogP contribution in [0.1, 0.15) is 38.3 Å². The van der Waals surface area contributed by atoms with Crippen LogP contribution in [0.4, 0.5) is 0 Å². The number of hydrogen-bond donors (Lipinski definition) is 0. The number of halogens is 1. The predicted octanol–water partition coefficient (Wildman–Crippen LogP) is 2.72. The molecule has 1 fully saturated rings. The van der Waals surface area contributed by atoms with Gasteiger partial charge in [-0.1, -0.05) is 11.6 Å². The third-order valence-corrected chi connectivity index (χ3v) is 3.45. The largest absolute Gasteiger partial charge is 0.300 e. The Morgan fingerprint density at radius 1 is 1.50 bits per heavy atom. The van der Waals surface area contributed by atoms with Crippen LogP contribution in [0.5, 0.6) is 0 Å². The van der Waals surface area contributed by atoms with Crippen LogP contribution in [0.25, 0.3) is 0 Å². The van der Waals surface area contributed by atoms with Crippen molar-refractivity contribution in [2.75, 3.05) is 13.1 Å². The van der Waals surface area contributed by atoms with E-state index in [4.69, 9.17) is 11.6 Å². The lowest BCUT2D eigenvalue weighted by Crippen LogP contribution is -2.39. The summed E-state index contributed by atoms with van der Waals surface area (Å²) in [5.74, 6) is 0.488. The van der Waals surface area contributed by atoms with Crippen molar-refractivity contribution in [3.8, 4) is 0 Å². The summed E-state index contributed by atoms with van der Waals surface area (Å²) in [5, 5.41) is 8.81. The third kappa shape index (κ3) is 2.71. The van der Waals surface area contributed by atoms with E-state index in [1.165, 1.54) is 19.4 Å². The van der Waals surface area contributed by atoms with Crippen LogP contribution in [0.2, 0.25) is 5.02 Å². The molecular formula is C12H18ClN3. The second kappa shape index (κ2) is 5.11. The van der Waals surface area contributed by atoms with E-state index >= 15 is 0 Å². The van der Waals surface area contributed by atoms with Gasteiger partial charge in [-0.2, -0.15) is 10.2 Å². The molecule has 1 aromatic heterocycles. The first kappa shape index (κ1) is 11.8. The number of likely N-dealkylation sites (tertiary alicyclic amines) is 1. The molecule has 0 aliphatic carbocycles. The Balaban J connectivity index is 2.09. The summed E-state index contributed by atoms with van der Waals surface area (Å²) in [7, 11) is 0. The zero-order valence-electron chi connectivity index (χ0n) is 9.86. The van der Waals surface area contributed by atoms with Crippen molar-refractivity contribution < 1.29 is 0 Å². The highest BCUT2D eigenvalue weighted by Gasteiger charge is 2.24. The SMILES string of the molecule is CC(C)N1CCCC(c2cc(Cl)cnn2)C1. The molecule has 0 spiro atoms. The Morgan fingerprint density at radius 3 is 3.00 bits per heavy atom. The molecule has 0 N–H and O–H groups in total. The van der Waals surface area contributed by atoms with Gasteiger partial charge in [-0.3, -0.25) is 0 Å². The Labute approximate surface area is 102 Å². The molecule has 2 heterocycles. The molecule has 1 atom stereocenters. The monoisotopic (exact) mass is 239 g/mol. The van der Waals surface area contributed by atoms with Crippen LogP contribution in [0.3, 0.4) is 0 Å². The van der Waals surface area contributed by atoms with Crippen molar-refractivity contribution in [2.45, 2.75) is 38.6 Å². The summed E-state index contributed by atoms with van der Waals surface area (Å²) in [6.45, 7) is 6.76. The van der Waals surface area contributed by atoms with E-state index in [2.05, 4.69) is 28.9 Å². The van der Waals surface area contributed by atoms with E-state index in [9.17, 15) is 0 Å². The Hall–Kier alpha value is -0.670. The fourth-order valence-electron chi connectivity index (χ4n) is 2.27. The molecule has 4 heteroatoms. The van der Waals surface area contributed by atoms with E-state index in [-0.39, 0.29) is 0 Å². The minimum Gasteiger partial charge on any atom is -0.300 e. The van der Waals surface area contributed by atoms with Crippen LogP contribution in [0.15, 0.2) is 12.3 Å². The van der Waals surface area contributed by atoms with Crippen molar-refractivity contribution in [1.82, 2.24) is 15.1 Å². The average Bonchev–Trinajstić information content (AvgIpc) is 2.29. The maximum absolute atomic E-state index is 5.95. The quantitative estimate of drug-likeness (QED) is 0.795. The highest BCUT2D eigenvalue weighted by atomic mass is 35.5. The average molecular weight is 240 g/mol. The van der Waals surface area contributed by atoms with Crippen LogP contribution in [0, 0.1) is 0 Å². The lowest BCUT2D eigenvalue weighted by atomic mass is 9.94. The molecule has 1 saturated heterocycles. The number of nitrogens with zero attached hydrogens (tertiary/aromatic N) is 3. The summed E-state index contributed by atoms with van der Waals surface area (Å²) >= 11 is 5.95. The molecule has 0 aromatic carbocycles. The molecule has 1 aliphatic rings. The summed E-state index contributed by atoms with van der Waals surface area (Å²) < 4.78 is 0. The van der Waals surface area contributed by atoms with Crippen LogP contribution in [-0.4, -0.2) is 34.2 Å². The van der Waals surface area contributed by atoms with Crippen LogP contribution < -0.4 is 0 Å². The fourth-order valence-corrected chi connectivity index (χ4v) is 2.43. The molecule has 1 aliphatic heterocycles. The van der Waals surface area contributed by atoms with Gasteiger partial charge in [-0.05, 0) is 39.3 Å². The van der Waals surface area contributed by atoms with E-state index in [1.807, 2.05) is 6.07 Å². The van der Waals surface area contributed by atoms with Gasteiger partial charge in [-0.15, -0.1) is 0 Å². The third-order valence-electron chi connectivity index (χ3n) is 3.24. The number of rotatable bonds is 2. The van der Waals surface area contributed by atoms with Gasteiger partial charge in [0.25, 0.3) is 0 Å². The molecule has 1 unspecified atom stereocenters. The molecule has 16 heavy (non-hydrogen) atoms. The summed E-state index contributed by atoms with van der Waals surface area (Å²) in [4.78, 5) is 2.50. The highest BCUT2D eigenvalue weighted by Crippen LogP contribution is 2.27. The second-order valence-corrected chi connectivity index (χ2v) is 5.16. The number of piperidine rings is 1. The highest BCUT2D eigenvalue weighted by molar-refractivity contribution is 6.30. The van der Waals surface area contributed by atoms with Crippen molar-refractivity contribution in [3.63, 3.8) is 0 Å². The Morgan fingerprint density at radius 2 is 2.31 bits per heavy atom. The minimum absolute atomic E-state index is 0.488. The van der Waals surface area contributed by atoms with Crippen molar-refractivity contribution in [2.24, 2.45) is 0 Å². The van der Waals surface area contributed by atoms with Crippen LogP contribution >= 0.6 is 11.6 Å². The number of hydrogen-bond acceptors (Lipinski definition) is 3. The van der Waals surface area contributed by atoms with Gasteiger partial charge in [0, 0.05) is 18.5 Å². The van der Waals surface area contributed by atoms with Crippen molar-refractivity contribution >= 4 is 11.6 Å². The van der Waals surface area contributed by atoms with E-state index in [1.54, 1.807) is 6.20 Å². The van der Waals surface area contributed by atoms with Gasteiger partial charge in [0.1, 0.15) is 0 Å². The molecule has 0 amide bonds. The maximum atomic E-state index is 5.95. The molecule has 2 rings (SSSR count). The maximum Gasteiger partial charge on any atom is 0.0689 e. The minimum atomic E-state index is 0.488. The molecule has 88 valence electrons. The zero-order valence-corrected chi connectivity index (χ0v) is 10.6.